The molecule has 0 bridgehead atoms. The van der Waals surface area contributed by atoms with Gasteiger partial charge in [-0.1, -0.05) is 85.8 Å². The average Bonchev–Trinajstić information content (AvgIpc) is 3.55. The second-order valence-corrected chi connectivity index (χ2v) is 14.9. The van der Waals surface area contributed by atoms with E-state index < -0.39 is 23.0 Å². The van der Waals surface area contributed by atoms with Crippen molar-refractivity contribution in [1.82, 2.24) is 5.32 Å². The molecule has 10 heteroatoms. The van der Waals surface area contributed by atoms with Gasteiger partial charge in [-0.3, -0.25) is 14.4 Å². The van der Waals surface area contributed by atoms with Crippen LogP contribution < -0.4 is 16.0 Å². The number of fused-ring (bicyclic) bond motifs is 1. The van der Waals surface area contributed by atoms with Crippen LogP contribution in [0.5, 0.6) is 0 Å². The minimum absolute atomic E-state index is 0.0752. The maximum atomic E-state index is 13.8. The lowest BCUT2D eigenvalue weighted by Crippen LogP contribution is -2.30. The van der Waals surface area contributed by atoms with Gasteiger partial charge in [-0.05, 0) is 97.7 Å². The molecule has 6 rings (SSSR count). The number of rotatable bonds is 13. The van der Waals surface area contributed by atoms with Crippen LogP contribution in [0.2, 0.25) is 0 Å². The Morgan fingerprint density at radius 2 is 1.51 bits per heavy atom. The summed E-state index contributed by atoms with van der Waals surface area (Å²) in [6.45, 7) is 3.97. The highest BCUT2D eigenvalue weighted by molar-refractivity contribution is 8.00. The Morgan fingerprint density at radius 3 is 2.23 bits per heavy atom. The summed E-state index contributed by atoms with van der Waals surface area (Å²) in [6, 6.07) is 33.7. The molecule has 4 aromatic carbocycles. The molecule has 0 radical (unpaired) electrons. The molecule has 1 aromatic heterocycles. The molecule has 1 atom stereocenters. The maximum absolute atomic E-state index is 13.8. The van der Waals surface area contributed by atoms with E-state index in [0.29, 0.717) is 28.2 Å². The van der Waals surface area contributed by atoms with Crippen molar-refractivity contribution in [3.63, 3.8) is 0 Å². The molecule has 8 nitrogen and oxygen atoms in total. The first-order valence-corrected chi connectivity index (χ1v) is 19.5. The van der Waals surface area contributed by atoms with Crippen molar-refractivity contribution >= 4 is 63.6 Å². The Hall–Kier alpha value is -5.45. The molecule has 5 aromatic rings. The normalized spacial score (nSPS) is 13.0. The van der Waals surface area contributed by atoms with Crippen LogP contribution >= 0.6 is 23.1 Å². The van der Waals surface area contributed by atoms with Crippen molar-refractivity contribution in [2.75, 3.05) is 17.2 Å². The number of carbonyl (C=O) groups excluding carboxylic acids is 4. The van der Waals surface area contributed by atoms with Gasteiger partial charge in [0.25, 0.3) is 11.8 Å². The Bertz CT molecular complexity index is 2110. The molecular formula is C43H41N3O5S2. The van der Waals surface area contributed by atoms with Crippen molar-refractivity contribution in [2.45, 2.75) is 56.1 Å². The van der Waals surface area contributed by atoms with E-state index in [4.69, 9.17) is 4.74 Å². The van der Waals surface area contributed by atoms with Gasteiger partial charge in [-0.2, -0.15) is 0 Å². The molecule has 1 aliphatic carbocycles. The first-order chi connectivity index (χ1) is 25.8. The fourth-order valence-electron chi connectivity index (χ4n) is 6.11. The van der Waals surface area contributed by atoms with Gasteiger partial charge in [-0.15, -0.1) is 23.1 Å². The molecule has 1 aliphatic rings. The highest BCUT2D eigenvalue weighted by atomic mass is 32.2. The third kappa shape index (κ3) is 9.51. The lowest BCUT2D eigenvalue weighted by Gasteiger charge is -2.16. The van der Waals surface area contributed by atoms with Crippen LogP contribution in [0.4, 0.5) is 10.7 Å². The van der Waals surface area contributed by atoms with Crippen molar-refractivity contribution < 1.29 is 23.9 Å². The second-order valence-electron chi connectivity index (χ2n) is 12.5. The third-order valence-electron chi connectivity index (χ3n) is 8.78. The Labute approximate surface area is 318 Å². The summed E-state index contributed by atoms with van der Waals surface area (Å²) in [5, 5.41) is 8.86. The summed E-state index contributed by atoms with van der Waals surface area (Å²) in [6.07, 6.45) is 5.93. The molecule has 3 amide bonds. The number of aryl methyl sites for hydroxylation is 1. The average molecular weight is 744 g/mol. The zero-order valence-corrected chi connectivity index (χ0v) is 31.3. The molecule has 0 saturated carbocycles. The van der Waals surface area contributed by atoms with E-state index in [2.05, 4.69) is 16.0 Å². The fourth-order valence-corrected chi connectivity index (χ4v) is 8.40. The summed E-state index contributed by atoms with van der Waals surface area (Å²) < 4.78 is 5.37. The van der Waals surface area contributed by atoms with E-state index in [1.807, 2.05) is 79.7 Å². The minimum Gasteiger partial charge on any atom is -0.462 e. The summed E-state index contributed by atoms with van der Waals surface area (Å²) in [4.78, 5) is 55.5. The van der Waals surface area contributed by atoms with E-state index in [1.165, 1.54) is 23.1 Å². The zero-order valence-electron chi connectivity index (χ0n) is 29.6. The van der Waals surface area contributed by atoms with Crippen LogP contribution in [0.25, 0.3) is 17.2 Å². The minimum atomic E-state index is -0.499. The topological polar surface area (TPSA) is 114 Å². The SMILES string of the molecule is CCOC(=O)c1c(NC(=O)C(CC)Sc2cccc(NC(=O)/C(=C\c3ccc(-c4ccccc4)cc3)NC(=O)c3ccccc3)c2)sc2c1CCCC2. The lowest BCUT2D eigenvalue weighted by molar-refractivity contribution is -0.116. The van der Waals surface area contributed by atoms with E-state index in [0.717, 1.165) is 57.7 Å². The molecule has 0 fully saturated rings. The molecule has 0 spiro atoms. The number of ether oxygens (including phenoxy) is 1. The van der Waals surface area contributed by atoms with Crippen LogP contribution in [0, 0.1) is 0 Å². The van der Waals surface area contributed by atoms with Gasteiger partial charge >= 0.3 is 5.97 Å². The third-order valence-corrected chi connectivity index (χ3v) is 11.3. The predicted octanol–water partition coefficient (Wildman–Crippen LogP) is 9.39. The highest BCUT2D eigenvalue weighted by Gasteiger charge is 2.29. The van der Waals surface area contributed by atoms with Gasteiger partial charge in [0.1, 0.15) is 10.7 Å². The van der Waals surface area contributed by atoms with Gasteiger partial charge in [0.15, 0.2) is 0 Å². The standard InChI is InChI=1S/C43H41N3O5S2/c1-3-36(41(49)46-42-38(43(50)51-4-2)34-20-11-12-21-37(34)53-42)52-33-19-13-18-32(27-33)44-40(48)35(45-39(47)31-16-9-6-10-17-31)26-28-22-24-30(25-23-28)29-14-7-5-8-15-29/h5-10,13-19,22-27,36H,3-4,11-12,20-21H2,1-2H3,(H,44,48)(H,45,47)(H,46,49)/b35-26+. The van der Waals surface area contributed by atoms with Gasteiger partial charge in [0, 0.05) is 21.0 Å². The number of anilines is 2. The van der Waals surface area contributed by atoms with Crippen molar-refractivity contribution in [1.29, 1.82) is 0 Å². The van der Waals surface area contributed by atoms with Crippen LogP contribution in [0.3, 0.4) is 0 Å². The molecular weight excluding hydrogens is 703 g/mol. The van der Waals surface area contributed by atoms with E-state index in [1.54, 1.807) is 49.4 Å². The number of carbonyl (C=O) groups is 4. The van der Waals surface area contributed by atoms with Crippen LogP contribution in [-0.4, -0.2) is 35.5 Å². The number of amides is 3. The van der Waals surface area contributed by atoms with Crippen LogP contribution in [0.1, 0.15) is 69.8 Å². The first kappa shape index (κ1) is 37.3. The predicted molar refractivity (Wildman–Crippen MR) is 214 cm³/mol. The quantitative estimate of drug-likeness (QED) is 0.0630. The summed E-state index contributed by atoms with van der Waals surface area (Å²) >= 11 is 2.84. The number of thioether (sulfide) groups is 1. The zero-order chi connectivity index (χ0) is 37.2. The van der Waals surface area contributed by atoms with Crippen LogP contribution in [0.15, 0.2) is 120 Å². The van der Waals surface area contributed by atoms with Crippen molar-refractivity contribution in [3.8, 4) is 11.1 Å². The number of benzene rings is 4. The van der Waals surface area contributed by atoms with Crippen molar-refractivity contribution in [2.24, 2.45) is 0 Å². The summed E-state index contributed by atoms with van der Waals surface area (Å²) in [5.74, 6) is -1.51. The molecule has 3 N–H and O–H groups in total. The lowest BCUT2D eigenvalue weighted by atomic mass is 9.95. The molecule has 1 heterocycles. The number of hydrogen-bond acceptors (Lipinski definition) is 7. The van der Waals surface area contributed by atoms with Gasteiger partial charge < -0.3 is 20.7 Å². The first-order valence-electron chi connectivity index (χ1n) is 17.8. The Morgan fingerprint density at radius 1 is 0.811 bits per heavy atom. The molecule has 1 unspecified atom stereocenters. The number of esters is 1. The molecule has 270 valence electrons. The number of nitrogens with one attached hydrogen (secondary N) is 3. The second kappa shape index (κ2) is 17.9. The number of hydrogen-bond donors (Lipinski definition) is 3. The fraction of sp³-hybridized carbons (Fsp3) is 0.209. The van der Waals surface area contributed by atoms with Gasteiger partial charge in [0.2, 0.25) is 5.91 Å². The van der Waals surface area contributed by atoms with E-state index in [-0.39, 0.29) is 18.2 Å². The van der Waals surface area contributed by atoms with Crippen molar-refractivity contribution in [3.05, 3.63) is 142 Å². The molecule has 53 heavy (non-hydrogen) atoms. The Kier molecular flexibility index (Phi) is 12.6. The summed E-state index contributed by atoms with van der Waals surface area (Å²) in [5.41, 5.74) is 5.33. The largest absolute Gasteiger partial charge is 0.462 e. The molecule has 0 saturated heterocycles. The van der Waals surface area contributed by atoms with Gasteiger partial charge in [0.05, 0.1) is 17.4 Å². The van der Waals surface area contributed by atoms with E-state index in [9.17, 15) is 19.2 Å². The molecule has 0 aliphatic heterocycles. The Balaban J connectivity index is 1.18. The highest BCUT2D eigenvalue weighted by Crippen LogP contribution is 2.39. The van der Waals surface area contributed by atoms with Gasteiger partial charge in [-0.25, -0.2) is 4.79 Å². The van der Waals surface area contributed by atoms with Crippen LogP contribution in [-0.2, 0) is 27.2 Å². The monoisotopic (exact) mass is 743 g/mol. The smallest absolute Gasteiger partial charge is 0.341 e. The van der Waals surface area contributed by atoms with E-state index >= 15 is 0 Å². The number of thiophene rings is 1. The maximum Gasteiger partial charge on any atom is 0.341 e. The summed E-state index contributed by atoms with van der Waals surface area (Å²) in [7, 11) is 0.